The molecule has 5 heteroatoms. The van der Waals surface area contributed by atoms with E-state index in [9.17, 15) is 4.79 Å². The normalized spacial score (nSPS) is 10.3. The lowest BCUT2D eigenvalue weighted by Gasteiger charge is -2.11. The standard InChI is InChI=1S/C13H19BrN2O2/c1-2-18-10-13(17)16-12-6-4-3-5-11(12)9-15-8-7-14/h3-6,15H,2,7-10H2,1H3,(H,16,17). The average Bonchev–Trinajstić information content (AvgIpc) is 2.38. The number of ether oxygens (including phenoxy) is 1. The van der Waals surface area contributed by atoms with Gasteiger partial charge in [0.2, 0.25) is 5.91 Å². The fourth-order valence-corrected chi connectivity index (χ4v) is 1.75. The van der Waals surface area contributed by atoms with Crippen LogP contribution in [0.15, 0.2) is 24.3 Å². The highest BCUT2D eigenvalue weighted by molar-refractivity contribution is 9.09. The van der Waals surface area contributed by atoms with Crippen LogP contribution in [0, 0.1) is 0 Å². The largest absolute Gasteiger partial charge is 0.372 e. The number of nitrogens with one attached hydrogen (secondary N) is 2. The highest BCUT2D eigenvalue weighted by Gasteiger charge is 2.05. The molecule has 2 N–H and O–H groups in total. The SMILES string of the molecule is CCOCC(=O)Nc1ccccc1CNCCBr. The Balaban J connectivity index is 2.55. The molecular formula is C13H19BrN2O2. The lowest BCUT2D eigenvalue weighted by molar-refractivity contribution is -0.120. The fourth-order valence-electron chi connectivity index (χ4n) is 1.47. The van der Waals surface area contributed by atoms with E-state index in [0.717, 1.165) is 29.7 Å². The summed E-state index contributed by atoms with van der Waals surface area (Å²) < 4.78 is 5.07. The van der Waals surface area contributed by atoms with Gasteiger partial charge in [0.15, 0.2) is 0 Å². The summed E-state index contributed by atoms with van der Waals surface area (Å²) in [6, 6.07) is 7.76. The molecule has 0 bridgehead atoms. The molecule has 0 heterocycles. The van der Waals surface area contributed by atoms with Crippen LogP contribution in [-0.2, 0) is 16.1 Å². The van der Waals surface area contributed by atoms with Crippen molar-refractivity contribution in [2.75, 3.05) is 30.4 Å². The Kier molecular flexibility index (Phi) is 7.64. The van der Waals surface area contributed by atoms with E-state index in [2.05, 4.69) is 26.6 Å². The van der Waals surface area contributed by atoms with Gasteiger partial charge in [-0.05, 0) is 18.6 Å². The summed E-state index contributed by atoms with van der Waals surface area (Å²) in [5.74, 6) is -0.121. The lowest BCUT2D eigenvalue weighted by Crippen LogP contribution is -2.21. The second kappa shape index (κ2) is 9.08. The number of halogens is 1. The van der Waals surface area contributed by atoms with Gasteiger partial charge in [0.1, 0.15) is 6.61 Å². The molecule has 0 unspecified atom stereocenters. The third-order valence-electron chi connectivity index (χ3n) is 2.32. The third kappa shape index (κ3) is 5.62. The molecule has 18 heavy (non-hydrogen) atoms. The summed E-state index contributed by atoms with van der Waals surface area (Å²) in [7, 11) is 0. The summed E-state index contributed by atoms with van der Waals surface area (Å²) in [5.41, 5.74) is 1.91. The van der Waals surface area contributed by atoms with Crippen molar-refractivity contribution in [3.05, 3.63) is 29.8 Å². The van der Waals surface area contributed by atoms with Gasteiger partial charge in [-0.1, -0.05) is 34.1 Å². The van der Waals surface area contributed by atoms with E-state index in [1.807, 2.05) is 31.2 Å². The number of rotatable bonds is 8. The molecule has 0 aliphatic carbocycles. The summed E-state index contributed by atoms with van der Waals surface area (Å²) in [4.78, 5) is 11.6. The first-order valence-corrected chi connectivity index (χ1v) is 7.12. The molecule has 100 valence electrons. The first-order valence-electron chi connectivity index (χ1n) is 6.00. The Morgan fingerprint density at radius 2 is 2.17 bits per heavy atom. The second-order valence-electron chi connectivity index (χ2n) is 3.71. The fraction of sp³-hybridized carbons (Fsp3) is 0.462. The topological polar surface area (TPSA) is 50.4 Å². The van der Waals surface area contributed by atoms with Crippen LogP contribution in [0.4, 0.5) is 5.69 Å². The van der Waals surface area contributed by atoms with Gasteiger partial charge in [0.05, 0.1) is 0 Å². The van der Waals surface area contributed by atoms with Crippen molar-refractivity contribution in [3.63, 3.8) is 0 Å². The number of hydrogen-bond donors (Lipinski definition) is 2. The van der Waals surface area contributed by atoms with Crippen LogP contribution in [0.5, 0.6) is 0 Å². The number of amides is 1. The zero-order valence-corrected chi connectivity index (χ0v) is 12.1. The van der Waals surface area contributed by atoms with Crippen molar-refractivity contribution >= 4 is 27.5 Å². The zero-order chi connectivity index (χ0) is 13.2. The van der Waals surface area contributed by atoms with Crippen LogP contribution in [0.2, 0.25) is 0 Å². The first-order chi connectivity index (χ1) is 8.77. The first kappa shape index (κ1) is 15.1. The molecular weight excluding hydrogens is 296 g/mol. The molecule has 0 fully saturated rings. The van der Waals surface area contributed by atoms with Gasteiger partial charge < -0.3 is 15.4 Å². The molecule has 0 aromatic heterocycles. The van der Waals surface area contributed by atoms with Crippen molar-refractivity contribution < 1.29 is 9.53 Å². The van der Waals surface area contributed by atoms with Gasteiger partial charge in [-0.15, -0.1) is 0 Å². The van der Waals surface area contributed by atoms with E-state index < -0.39 is 0 Å². The summed E-state index contributed by atoms with van der Waals surface area (Å²) in [5, 5.41) is 7.04. The molecule has 0 aliphatic rings. The molecule has 1 aromatic carbocycles. The second-order valence-corrected chi connectivity index (χ2v) is 4.50. The summed E-state index contributed by atoms with van der Waals surface area (Å²) in [6.45, 7) is 4.13. The molecule has 1 aromatic rings. The van der Waals surface area contributed by atoms with Crippen molar-refractivity contribution in [2.24, 2.45) is 0 Å². The Morgan fingerprint density at radius 3 is 2.89 bits per heavy atom. The summed E-state index contributed by atoms with van der Waals surface area (Å²) in [6.07, 6.45) is 0. The zero-order valence-electron chi connectivity index (χ0n) is 10.5. The van der Waals surface area contributed by atoms with Gasteiger partial charge in [-0.25, -0.2) is 0 Å². The van der Waals surface area contributed by atoms with E-state index in [1.165, 1.54) is 0 Å². The van der Waals surface area contributed by atoms with Gasteiger partial charge in [0.25, 0.3) is 0 Å². The Bertz CT molecular complexity index is 372. The predicted octanol–water partition coefficient (Wildman–Crippen LogP) is 2.15. The maximum Gasteiger partial charge on any atom is 0.250 e. The van der Waals surface area contributed by atoms with Gasteiger partial charge in [0, 0.05) is 30.7 Å². The number of carbonyl (C=O) groups excluding carboxylic acids is 1. The van der Waals surface area contributed by atoms with Crippen molar-refractivity contribution in [2.45, 2.75) is 13.5 Å². The quantitative estimate of drug-likeness (QED) is 0.571. The third-order valence-corrected chi connectivity index (χ3v) is 2.71. The monoisotopic (exact) mass is 314 g/mol. The van der Waals surface area contributed by atoms with Crippen LogP contribution >= 0.6 is 15.9 Å². The molecule has 0 saturated carbocycles. The number of para-hydroxylation sites is 1. The van der Waals surface area contributed by atoms with Crippen molar-refractivity contribution in [3.8, 4) is 0 Å². The minimum absolute atomic E-state index is 0.0969. The van der Waals surface area contributed by atoms with Crippen LogP contribution in [0.3, 0.4) is 0 Å². The smallest absolute Gasteiger partial charge is 0.250 e. The molecule has 0 radical (unpaired) electrons. The van der Waals surface area contributed by atoms with Crippen molar-refractivity contribution in [1.29, 1.82) is 0 Å². The molecule has 0 saturated heterocycles. The predicted molar refractivity (Wildman–Crippen MR) is 77.1 cm³/mol. The van der Waals surface area contributed by atoms with Gasteiger partial charge >= 0.3 is 0 Å². The van der Waals surface area contributed by atoms with E-state index in [1.54, 1.807) is 0 Å². The molecule has 0 aliphatic heterocycles. The molecule has 1 amide bonds. The molecule has 4 nitrogen and oxygen atoms in total. The highest BCUT2D eigenvalue weighted by Crippen LogP contribution is 2.14. The highest BCUT2D eigenvalue weighted by atomic mass is 79.9. The summed E-state index contributed by atoms with van der Waals surface area (Å²) >= 11 is 3.36. The number of anilines is 1. The Labute approximate surface area is 116 Å². The maximum absolute atomic E-state index is 11.6. The number of hydrogen-bond acceptors (Lipinski definition) is 3. The average molecular weight is 315 g/mol. The Hall–Kier alpha value is -0.910. The van der Waals surface area contributed by atoms with E-state index in [-0.39, 0.29) is 12.5 Å². The van der Waals surface area contributed by atoms with E-state index >= 15 is 0 Å². The van der Waals surface area contributed by atoms with Gasteiger partial charge in [-0.3, -0.25) is 4.79 Å². The number of benzene rings is 1. The van der Waals surface area contributed by atoms with E-state index in [4.69, 9.17) is 4.74 Å². The minimum Gasteiger partial charge on any atom is -0.372 e. The van der Waals surface area contributed by atoms with Gasteiger partial charge in [-0.2, -0.15) is 0 Å². The number of carbonyl (C=O) groups is 1. The van der Waals surface area contributed by atoms with Crippen LogP contribution in [0.25, 0.3) is 0 Å². The minimum atomic E-state index is -0.121. The van der Waals surface area contributed by atoms with Crippen LogP contribution in [0.1, 0.15) is 12.5 Å². The van der Waals surface area contributed by atoms with Crippen LogP contribution < -0.4 is 10.6 Å². The molecule has 0 spiro atoms. The molecule has 1 rings (SSSR count). The van der Waals surface area contributed by atoms with E-state index in [0.29, 0.717) is 6.61 Å². The number of alkyl halides is 1. The van der Waals surface area contributed by atoms with Crippen LogP contribution in [-0.4, -0.2) is 31.0 Å². The maximum atomic E-state index is 11.6. The molecule has 0 atom stereocenters. The lowest BCUT2D eigenvalue weighted by atomic mass is 10.1. The van der Waals surface area contributed by atoms with Crippen molar-refractivity contribution in [1.82, 2.24) is 5.32 Å². The Morgan fingerprint density at radius 1 is 1.39 bits per heavy atom.